The van der Waals surface area contributed by atoms with E-state index >= 15 is 0 Å². The van der Waals surface area contributed by atoms with E-state index in [1.807, 2.05) is 29.2 Å². The van der Waals surface area contributed by atoms with E-state index in [1.54, 1.807) is 30.5 Å². The molecule has 0 atom stereocenters. The molecule has 1 amide bonds. The maximum absolute atomic E-state index is 12.3. The molecule has 3 aromatic rings. The van der Waals surface area contributed by atoms with Crippen LogP contribution in [0.3, 0.4) is 0 Å². The number of nitrogens with zero attached hydrogens (tertiary/aromatic N) is 3. The van der Waals surface area contributed by atoms with Gasteiger partial charge in [-0.25, -0.2) is 9.97 Å². The van der Waals surface area contributed by atoms with E-state index in [0.717, 1.165) is 37.0 Å². The first-order valence-electron chi connectivity index (χ1n) is 8.08. The van der Waals surface area contributed by atoms with Gasteiger partial charge in [-0.15, -0.1) is 0 Å². The van der Waals surface area contributed by atoms with Gasteiger partial charge in [-0.3, -0.25) is 4.79 Å². The maximum atomic E-state index is 12.3. The molecule has 1 aliphatic rings. The van der Waals surface area contributed by atoms with E-state index in [1.165, 1.54) is 0 Å². The number of benzene rings is 2. The van der Waals surface area contributed by atoms with Crippen molar-refractivity contribution in [3.8, 4) is 11.6 Å². The fourth-order valence-corrected chi connectivity index (χ4v) is 2.88. The summed E-state index contributed by atoms with van der Waals surface area (Å²) in [4.78, 5) is 23.0. The highest BCUT2D eigenvalue weighted by Crippen LogP contribution is 2.22. The summed E-state index contributed by atoms with van der Waals surface area (Å²) in [5.41, 5.74) is 2.31. The number of fused-ring (bicyclic) bond motifs is 1. The van der Waals surface area contributed by atoms with Crippen molar-refractivity contribution in [2.75, 3.05) is 13.1 Å². The Balaban J connectivity index is 1.50. The molecule has 1 aromatic heterocycles. The number of likely N-dealkylation sites (tertiary alicyclic amines) is 1. The van der Waals surface area contributed by atoms with Gasteiger partial charge in [-0.1, -0.05) is 12.1 Å². The number of rotatable bonds is 3. The molecule has 0 unspecified atom stereocenters. The number of carbonyl (C=O) groups is 1. The molecule has 0 radical (unpaired) electrons. The molecule has 24 heavy (non-hydrogen) atoms. The highest BCUT2D eigenvalue weighted by atomic mass is 16.5. The molecule has 2 heterocycles. The van der Waals surface area contributed by atoms with Crippen molar-refractivity contribution in [1.82, 2.24) is 14.9 Å². The van der Waals surface area contributed by atoms with Crippen LogP contribution in [0.5, 0.6) is 11.6 Å². The molecular weight excluding hydrogens is 302 g/mol. The summed E-state index contributed by atoms with van der Waals surface area (Å²) in [7, 11) is 0. The summed E-state index contributed by atoms with van der Waals surface area (Å²) in [5, 5.41) is 0. The lowest BCUT2D eigenvalue weighted by Crippen LogP contribution is -2.27. The normalized spacial score (nSPS) is 14.1. The summed E-state index contributed by atoms with van der Waals surface area (Å²) < 4.78 is 5.75. The van der Waals surface area contributed by atoms with Gasteiger partial charge in [0.1, 0.15) is 5.75 Å². The number of hydrogen-bond acceptors (Lipinski definition) is 4. The molecule has 1 fully saturated rings. The van der Waals surface area contributed by atoms with Crippen molar-refractivity contribution < 1.29 is 9.53 Å². The van der Waals surface area contributed by atoms with E-state index in [4.69, 9.17) is 4.74 Å². The van der Waals surface area contributed by atoms with Gasteiger partial charge in [-0.05, 0) is 49.2 Å². The molecule has 0 bridgehead atoms. The summed E-state index contributed by atoms with van der Waals surface area (Å²) in [6.45, 7) is 1.70. The molecule has 0 spiro atoms. The van der Waals surface area contributed by atoms with Crippen LogP contribution in [0.25, 0.3) is 11.0 Å². The molecule has 0 N–H and O–H groups in total. The van der Waals surface area contributed by atoms with Gasteiger partial charge < -0.3 is 9.64 Å². The monoisotopic (exact) mass is 319 g/mol. The average Bonchev–Trinajstić information content (AvgIpc) is 3.16. The molecule has 120 valence electrons. The Bertz CT molecular complexity index is 871. The summed E-state index contributed by atoms with van der Waals surface area (Å²) >= 11 is 0. The lowest BCUT2D eigenvalue weighted by molar-refractivity contribution is 0.0793. The zero-order chi connectivity index (χ0) is 16.4. The van der Waals surface area contributed by atoms with Crippen LogP contribution >= 0.6 is 0 Å². The molecule has 0 aliphatic carbocycles. The zero-order valence-corrected chi connectivity index (χ0v) is 13.2. The Morgan fingerprint density at radius 2 is 1.67 bits per heavy atom. The number of carbonyl (C=O) groups excluding carboxylic acids is 1. The number of para-hydroxylation sites is 2. The first-order chi connectivity index (χ1) is 11.8. The van der Waals surface area contributed by atoms with E-state index in [0.29, 0.717) is 17.2 Å². The van der Waals surface area contributed by atoms with Crippen LogP contribution < -0.4 is 4.74 Å². The maximum Gasteiger partial charge on any atom is 0.253 e. The van der Waals surface area contributed by atoms with E-state index in [2.05, 4.69) is 9.97 Å². The van der Waals surface area contributed by atoms with Gasteiger partial charge >= 0.3 is 0 Å². The van der Waals surface area contributed by atoms with Gasteiger partial charge in [0.05, 0.1) is 17.2 Å². The lowest BCUT2D eigenvalue weighted by atomic mass is 10.2. The predicted molar refractivity (Wildman–Crippen MR) is 91.2 cm³/mol. The molecule has 1 aliphatic heterocycles. The zero-order valence-electron chi connectivity index (χ0n) is 13.2. The lowest BCUT2D eigenvalue weighted by Gasteiger charge is -2.15. The summed E-state index contributed by atoms with van der Waals surface area (Å²) in [5.74, 6) is 1.16. The van der Waals surface area contributed by atoms with E-state index in [-0.39, 0.29) is 5.91 Å². The van der Waals surface area contributed by atoms with Gasteiger partial charge in [0, 0.05) is 18.7 Å². The van der Waals surface area contributed by atoms with Gasteiger partial charge in [-0.2, -0.15) is 0 Å². The van der Waals surface area contributed by atoms with Crippen LogP contribution in [0.2, 0.25) is 0 Å². The third kappa shape index (κ3) is 2.93. The number of amides is 1. The van der Waals surface area contributed by atoms with Crippen molar-refractivity contribution in [3.63, 3.8) is 0 Å². The molecule has 5 heteroatoms. The van der Waals surface area contributed by atoms with Crippen LogP contribution in [-0.4, -0.2) is 33.9 Å². The van der Waals surface area contributed by atoms with E-state index in [9.17, 15) is 4.79 Å². The van der Waals surface area contributed by atoms with Crippen LogP contribution in [0.1, 0.15) is 23.2 Å². The van der Waals surface area contributed by atoms with Crippen molar-refractivity contribution in [1.29, 1.82) is 0 Å². The van der Waals surface area contributed by atoms with Crippen LogP contribution in [0, 0.1) is 0 Å². The minimum atomic E-state index is 0.0875. The molecule has 1 saturated heterocycles. The van der Waals surface area contributed by atoms with Crippen LogP contribution in [-0.2, 0) is 0 Å². The summed E-state index contributed by atoms with van der Waals surface area (Å²) in [6.07, 6.45) is 3.78. The number of ether oxygens (including phenoxy) is 1. The highest BCUT2D eigenvalue weighted by Gasteiger charge is 2.19. The smallest absolute Gasteiger partial charge is 0.253 e. The number of aromatic nitrogens is 2. The Morgan fingerprint density at radius 3 is 2.42 bits per heavy atom. The largest absolute Gasteiger partial charge is 0.437 e. The molecule has 5 nitrogen and oxygen atoms in total. The highest BCUT2D eigenvalue weighted by molar-refractivity contribution is 5.94. The second kappa shape index (κ2) is 6.28. The van der Waals surface area contributed by atoms with Crippen molar-refractivity contribution in [2.24, 2.45) is 0 Å². The molecule has 0 saturated carbocycles. The second-order valence-electron chi connectivity index (χ2n) is 5.82. The fourth-order valence-electron chi connectivity index (χ4n) is 2.88. The van der Waals surface area contributed by atoms with Crippen molar-refractivity contribution in [2.45, 2.75) is 12.8 Å². The third-order valence-corrected chi connectivity index (χ3v) is 4.14. The van der Waals surface area contributed by atoms with Crippen LogP contribution in [0.15, 0.2) is 54.7 Å². The first-order valence-corrected chi connectivity index (χ1v) is 8.08. The Labute approximate surface area is 139 Å². The predicted octanol–water partition coefficient (Wildman–Crippen LogP) is 3.66. The second-order valence-corrected chi connectivity index (χ2v) is 5.82. The van der Waals surface area contributed by atoms with E-state index < -0.39 is 0 Å². The Kier molecular flexibility index (Phi) is 3.83. The average molecular weight is 319 g/mol. The summed E-state index contributed by atoms with van der Waals surface area (Å²) in [6, 6.07) is 14.8. The SMILES string of the molecule is O=C(c1ccc(Oc2cnc3ccccc3n2)cc1)N1CCCC1. The topological polar surface area (TPSA) is 55.3 Å². The molecule has 2 aromatic carbocycles. The minimum absolute atomic E-state index is 0.0875. The quantitative estimate of drug-likeness (QED) is 0.739. The Morgan fingerprint density at radius 1 is 0.958 bits per heavy atom. The third-order valence-electron chi connectivity index (χ3n) is 4.14. The van der Waals surface area contributed by atoms with Gasteiger partial charge in [0.15, 0.2) is 0 Å². The van der Waals surface area contributed by atoms with Gasteiger partial charge in [0.25, 0.3) is 5.91 Å². The molecular formula is C19H17N3O2. The minimum Gasteiger partial charge on any atom is -0.437 e. The fraction of sp³-hybridized carbons (Fsp3) is 0.211. The molecule has 4 rings (SSSR count). The Hall–Kier alpha value is -2.95. The van der Waals surface area contributed by atoms with Crippen molar-refractivity contribution >= 4 is 16.9 Å². The van der Waals surface area contributed by atoms with Crippen LogP contribution in [0.4, 0.5) is 0 Å². The van der Waals surface area contributed by atoms with Crippen molar-refractivity contribution in [3.05, 3.63) is 60.3 Å². The number of hydrogen-bond donors (Lipinski definition) is 0. The first kappa shape index (κ1) is 14.6. The standard InChI is InChI=1S/C19H17N3O2/c23-19(22-11-3-4-12-22)14-7-9-15(10-8-14)24-18-13-20-16-5-1-2-6-17(16)21-18/h1-2,5-10,13H,3-4,11-12H2. The van der Waals surface area contributed by atoms with Gasteiger partial charge in [0.2, 0.25) is 5.88 Å².